The first-order valence-electron chi connectivity index (χ1n) is 7.84. The Morgan fingerprint density at radius 1 is 1.22 bits per heavy atom. The molecule has 0 spiro atoms. The summed E-state index contributed by atoms with van der Waals surface area (Å²) in [6.45, 7) is 6.86. The summed E-state index contributed by atoms with van der Waals surface area (Å²) in [6, 6.07) is 7.97. The maximum Gasteiger partial charge on any atom is 0.0940 e. The van der Waals surface area contributed by atoms with Crippen LogP contribution in [-0.2, 0) is 13.0 Å². The third kappa shape index (κ3) is 3.05. The van der Waals surface area contributed by atoms with Gasteiger partial charge in [-0.05, 0) is 50.5 Å². The molecular weight excluding hydrogens is 288 g/mol. The van der Waals surface area contributed by atoms with Crippen molar-refractivity contribution in [2.75, 3.05) is 11.9 Å². The Hall–Kier alpha value is -2.40. The second-order valence-corrected chi connectivity index (χ2v) is 5.87. The fourth-order valence-corrected chi connectivity index (χ4v) is 3.00. The lowest BCUT2D eigenvalue weighted by molar-refractivity contribution is 0.283. The number of aliphatic hydroxyl groups is 1. The molecule has 1 aromatic carbocycles. The summed E-state index contributed by atoms with van der Waals surface area (Å²) in [6.07, 6.45) is 0.906. The number of nitrogens with zero attached hydrogens (tertiary/aromatic N) is 2. The van der Waals surface area contributed by atoms with E-state index < -0.39 is 0 Å². The van der Waals surface area contributed by atoms with E-state index in [-0.39, 0.29) is 6.61 Å². The molecule has 0 saturated heterocycles. The molecular formula is C18H22N4O. The topological polar surface area (TPSA) is 73.8 Å². The molecule has 0 radical (unpaired) electrons. The van der Waals surface area contributed by atoms with Gasteiger partial charge < -0.3 is 10.4 Å². The number of anilines is 1. The highest BCUT2D eigenvalue weighted by Gasteiger charge is 2.09. The fourth-order valence-electron chi connectivity index (χ4n) is 3.00. The van der Waals surface area contributed by atoms with Gasteiger partial charge in [0, 0.05) is 23.3 Å². The molecule has 3 N–H and O–H groups in total. The Bertz CT molecular complexity index is 819. The highest BCUT2D eigenvalue weighted by atomic mass is 16.3. The van der Waals surface area contributed by atoms with Crippen LogP contribution in [0.4, 0.5) is 5.69 Å². The molecule has 0 fully saturated rings. The Balaban J connectivity index is 1.84. The number of para-hydroxylation sites is 1. The van der Waals surface area contributed by atoms with E-state index in [1.807, 2.05) is 45.0 Å². The molecule has 0 unspecified atom stereocenters. The van der Waals surface area contributed by atoms with Gasteiger partial charge in [0.25, 0.3) is 0 Å². The number of aromatic nitrogens is 3. The SMILES string of the molecule is Cc1cc(CO)c2cccc(NCCc3c(C)n[nH]c3C)c2n1. The number of aryl methyl sites for hydroxylation is 3. The third-order valence-electron chi connectivity index (χ3n) is 4.19. The minimum Gasteiger partial charge on any atom is -0.392 e. The minimum absolute atomic E-state index is 0.0245. The second-order valence-electron chi connectivity index (χ2n) is 5.87. The van der Waals surface area contributed by atoms with Crippen LogP contribution in [0.15, 0.2) is 24.3 Å². The normalized spacial score (nSPS) is 11.1. The van der Waals surface area contributed by atoms with Crippen molar-refractivity contribution >= 4 is 16.6 Å². The molecule has 0 aliphatic carbocycles. The highest BCUT2D eigenvalue weighted by molar-refractivity contribution is 5.92. The van der Waals surface area contributed by atoms with Gasteiger partial charge in [-0.1, -0.05) is 12.1 Å². The first-order valence-corrected chi connectivity index (χ1v) is 7.84. The number of aliphatic hydroxyl groups excluding tert-OH is 1. The summed E-state index contributed by atoms with van der Waals surface area (Å²) in [5, 5.41) is 21.3. The summed E-state index contributed by atoms with van der Waals surface area (Å²) in [5.74, 6) is 0. The number of hydrogen-bond donors (Lipinski definition) is 3. The van der Waals surface area contributed by atoms with Crippen LogP contribution in [0.3, 0.4) is 0 Å². The van der Waals surface area contributed by atoms with Gasteiger partial charge in [0.2, 0.25) is 0 Å². The molecule has 3 rings (SSSR count). The summed E-state index contributed by atoms with van der Waals surface area (Å²) < 4.78 is 0. The predicted molar refractivity (Wildman–Crippen MR) is 92.7 cm³/mol. The molecule has 0 aliphatic heterocycles. The molecule has 23 heavy (non-hydrogen) atoms. The van der Waals surface area contributed by atoms with Crippen molar-refractivity contribution in [1.82, 2.24) is 15.2 Å². The van der Waals surface area contributed by atoms with Gasteiger partial charge in [0.1, 0.15) is 0 Å². The number of nitrogens with one attached hydrogen (secondary N) is 2. The number of pyridine rings is 1. The second kappa shape index (κ2) is 6.38. The van der Waals surface area contributed by atoms with Crippen molar-refractivity contribution in [2.24, 2.45) is 0 Å². The first-order chi connectivity index (χ1) is 11.1. The quantitative estimate of drug-likeness (QED) is 0.677. The van der Waals surface area contributed by atoms with Crippen molar-refractivity contribution in [1.29, 1.82) is 0 Å². The molecule has 0 aliphatic rings. The van der Waals surface area contributed by atoms with E-state index in [0.717, 1.165) is 52.2 Å². The Morgan fingerprint density at radius 3 is 2.74 bits per heavy atom. The molecule has 120 valence electrons. The number of H-pyrrole nitrogens is 1. The molecule has 0 atom stereocenters. The van der Waals surface area contributed by atoms with Gasteiger partial charge >= 0.3 is 0 Å². The molecule has 2 aromatic heterocycles. The first kappa shape index (κ1) is 15.5. The number of fused-ring (bicyclic) bond motifs is 1. The largest absolute Gasteiger partial charge is 0.392 e. The average molecular weight is 310 g/mol. The van der Waals surface area contributed by atoms with Crippen LogP contribution in [0, 0.1) is 20.8 Å². The molecule has 0 saturated carbocycles. The van der Waals surface area contributed by atoms with E-state index in [4.69, 9.17) is 0 Å². The zero-order valence-electron chi connectivity index (χ0n) is 13.8. The van der Waals surface area contributed by atoms with E-state index in [0.29, 0.717) is 0 Å². The van der Waals surface area contributed by atoms with Crippen LogP contribution in [0.2, 0.25) is 0 Å². The van der Waals surface area contributed by atoms with E-state index in [2.05, 4.69) is 20.5 Å². The number of rotatable bonds is 5. The van der Waals surface area contributed by atoms with Crippen LogP contribution < -0.4 is 5.32 Å². The summed E-state index contributed by atoms with van der Waals surface area (Å²) >= 11 is 0. The smallest absolute Gasteiger partial charge is 0.0940 e. The lowest BCUT2D eigenvalue weighted by Crippen LogP contribution is -2.07. The predicted octanol–water partition coefficient (Wildman–Crippen LogP) is 3.03. The molecule has 0 bridgehead atoms. The Morgan fingerprint density at radius 2 is 2.04 bits per heavy atom. The van der Waals surface area contributed by atoms with Gasteiger partial charge in [0.05, 0.1) is 23.5 Å². The van der Waals surface area contributed by atoms with Gasteiger partial charge in [-0.25, -0.2) is 0 Å². The van der Waals surface area contributed by atoms with Gasteiger partial charge in [0.15, 0.2) is 0 Å². The number of aromatic amines is 1. The fraction of sp³-hybridized carbons (Fsp3) is 0.333. The summed E-state index contributed by atoms with van der Waals surface area (Å²) in [4.78, 5) is 4.64. The Kier molecular flexibility index (Phi) is 4.30. The molecule has 0 amide bonds. The van der Waals surface area contributed by atoms with Crippen LogP contribution in [0.5, 0.6) is 0 Å². The maximum atomic E-state index is 9.55. The van der Waals surface area contributed by atoms with Crippen LogP contribution in [0.25, 0.3) is 10.9 Å². The van der Waals surface area contributed by atoms with Crippen molar-refractivity contribution in [3.05, 3.63) is 52.5 Å². The maximum absolute atomic E-state index is 9.55. The monoisotopic (exact) mass is 310 g/mol. The molecule has 2 heterocycles. The zero-order chi connectivity index (χ0) is 16.4. The summed E-state index contributed by atoms with van der Waals surface area (Å²) in [5.41, 5.74) is 7.18. The summed E-state index contributed by atoms with van der Waals surface area (Å²) in [7, 11) is 0. The highest BCUT2D eigenvalue weighted by Crippen LogP contribution is 2.25. The number of hydrogen-bond acceptors (Lipinski definition) is 4. The van der Waals surface area contributed by atoms with E-state index in [1.54, 1.807) is 0 Å². The van der Waals surface area contributed by atoms with Crippen LogP contribution >= 0.6 is 0 Å². The zero-order valence-corrected chi connectivity index (χ0v) is 13.8. The van der Waals surface area contributed by atoms with E-state index in [9.17, 15) is 5.11 Å². The third-order valence-corrected chi connectivity index (χ3v) is 4.19. The van der Waals surface area contributed by atoms with Crippen LogP contribution in [0.1, 0.15) is 28.2 Å². The lowest BCUT2D eigenvalue weighted by Gasteiger charge is -2.12. The van der Waals surface area contributed by atoms with Crippen molar-refractivity contribution < 1.29 is 5.11 Å². The van der Waals surface area contributed by atoms with E-state index in [1.165, 1.54) is 5.56 Å². The van der Waals surface area contributed by atoms with Crippen molar-refractivity contribution in [3.63, 3.8) is 0 Å². The van der Waals surface area contributed by atoms with Crippen LogP contribution in [-0.4, -0.2) is 26.8 Å². The molecule has 5 heteroatoms. The standard InChI is InChI=1S/C18H22N4O/c1-11-9-14(10-23)16-5-4-6-17(18(16)20-11)19-8-7-15-12(2)21-22-13(15)3/h4-6,9,19,23H,7-8,10H2,1-3H3,(H,21,22). The molecule has 3 aromatic rings. The average Bonchev–Trinajstić information content (AvgIpc) is 2.86. The molecule has 5 nitrogen and oxygen atoms in total. The lowest BCUT2D eigenvalue weighted by atomic mass is 10.1. The van der Waals surface area contributed by atoms with Crippen molar-refractivity contribution in [2.45, 2.75) is 33.8 Å². The van der Waals surface area contributed by atoms with Gasteiger partial charge in [-0.3, -0.25) is 10.1 Å². The Labute approximate surface area is 135 Å². The van der Waals surface area contributed by atoms with E-state index >= 15 is 0 Å². The minimum atomic E-state index is 0.0245. The van der Waals surface area contributed by atoms with Crippen molar-refractivity contribution in [3.8, 4) is 0 Å². The number of benzene rings is 1. The van der Waals surface area contributed by atoms with Gasteiger partial charge in [-0.2, -0.15) is 5.10 Å². The van der Waals surface area contributed by atoms with Gasteiger partial charge in [-0.15, -0.1) is 0 Å².